The van der Waals surface area contributed by atoms with Crippen molar-refractivity contribution in [1.82, 2.24) is 5.32 Å². The maximum Gasteiger partial charge on any atom is 0.137 e. The molecule has 5 heteroatoms. The second kappa shape index (κ2) is 6.71. The first kappa shape index (κ1) is 14.8. The van der Waals surface area contributed by atoms with Crippen molar-refractivity contribution in [1.29, 1.82) is 5.26 Å². The number of hydrogen-bond acceptors (Lipinski definition) is 5. The molecule has 1 unspecified atom stereocenters. The fraction of sp³-hybridized carbons (Fsp3) is 0.533. The monoisotopic (exact) mass is 276 g/mol. The molecular weight excluding hydrogens is 256 g/mol. The third-order valence-corrected chi connectivity index (χ3v) is 3.61. The molecule has 0 bridgehead atoms. The molecule has 3 N–H and O–H groups in total. The van der Waals surface area contributed by atoms with Crippen LogP contribution in [0.1, 0.15) is 18.4 Å². The van der Waals surface area contributed by atoms with E-state index in [1.165, 1.54) is 0 Å². The van der Waals surface area contributed by atoms with Crippen molar-refractivity contribution < 1.29 is 14.9 Å². The highest BCUT2D eigenvalue weighted by molar-refractivity contribution is 5.42. The van der Waals surface area contributed by atoms with Crippen LogP contribution in [0.2, 0.25) is 0 Å². The number of rotatable bonds is 8. The molecule has 1 fully saturated rings. The first-order chi connectivity index (χ1) is 9.69. The van der Waals surface area contributed by atoms with Crippen molar-refractivity contribution in [2.45, 2.75) is 18.9 Å². The van der Waals surface area contributed by atoms with E-state index < -0.39 is 6.10 Å². The first-order valence-corrected chi connectivity index (χ1v) is 6.81. The smallest absolute Gasteiger partial charge is 0.137 e. The topological polar surface area (TPSA) is 85.5 Å². The van der Waals surface area contributed by atoms with E-state index in [9.17, 15) is 10.2 Å². The molecular formula is C15H20N2O3. The normalized spacial score (nSPS) is 17.2. The summed E-state index contributed by atoms with van der Waals surface area (Å²) in [7, 11) is 0. The highest BCUT2D eigenvalue weighted by Crippen LogP contribution is 2.44. The van der Waals surface area contributed by atoms with E-state index >= 15 is 0 Å². The van der Waals surface area contributed by atoms with Gasteiger partial charge in [0, 0.05) is 25.1 Å². The molecule has 1 aromatic carbocycles. The number of para-hydroxylation sites is 1. The molecule has 5 nitrogen and oxygen atoms in total. The molecule has 108 valence electrons. The van der Waals surface area contributed by atoms with E-state index in [1.807, 2.05) is 6.07 Å². The number of benzene rings is 1. The van der Waals surface area contributed by atoms with Gasteiger partial charge in [0.25, 0.3) is 0 Å². The number of ether oxygens (including phenoxy) is 1. The lowest BCUT2D eigenvalue weighted by Crippen LogP contribution is -2.35. The van der Waals surface area contributed by atoms with Gasteiger partial charge in [-0.25, -0.2) is 0 Å². The Kier molecular flexibility index (Phi) is 4.96. The van der Waals surface area contributed by atoms with Gasteiger partial charge in [-0.3, -0.25) is 0 Å². The van der Waals surface area contributed by atoms with Crippen molar-refractivity contribution in [2.24, 2.45) is 5.41 Å². The number of hydrogen-bond donors (Lipinski definition) is 3. The van der Waals surface area contributed by atoms with Crippen molar-refractivity contribution in [3.05, 3.63) is 29.8 Å². The maximum absolute atomic E-state index is 9.83. The molecule has 0 radical (unpaired) electrons. The molecule has 1 saturated carbocycles. The molecule has 0 heterocycles. The minimum absolute atomic E-state index is 0.0357. The molecule has 20 heavy (non-hydrogen) atoms. The molecule has 0 aliphatic heterocycles. The number of nitrogens with one attached hydrogen (secondary N) is 1. The van der Waals surface area contributed by atoms with Crippen LogP contribution in [0, 0.1) is 16.7 Å². The Hall–Kier alpha value is -1.61. The van der Waals surface area contributed by atoms with Gasteiger partial charge in [-0.05, 0) is 25.0 Å². The molecule has 2 rings (SSSR count). The van der Waals surface area contributed by atoms with Gasteiger partial charge in [0.05, 0.1) is 5.56 Å². The molecule has 1 aliphatic rings. The average molecular weight is 276 g/mol. The van der Waals surface area contributed by atoms with Crippen LogP contribution in [0.25, 0.3) is 0 Å². The van der Waals surface area contributed by atoms with Crippen molar-refractivity contribution in [3.63, 3.8) is 0 Å². The summed E-state index contributed by atoms with van der Waals surface area (Å²) in [5.41, 5.74) is 0.499. The van der Waals surface area contributed by atoms with E-state index in [2.05, 4.69) is 5.32 Å². The van der Waals surface area contributed by atoms with Gasteiger partial charge < -0.3 is 20.3 Å². The number of nitriles is 1. The van der Waals surface area contributed by atoms with Crippen LogP contribution >= 0.6 is 0 Å². The Morgan fingerprint density at radius 2 is 2.15 bits per heavy atom. The summed E-state index contributed by atoms with van der Waals surface area (Å²) >= 11 is 0. The Bertz CT molecular complexity index is 480. The van der Waals surface area contributed by atoms with E-state index in [0.29, 0.717) is 17.9 Å². The van der Waals surface area contributed by atoms with Crippen LogP contribution in [0.5, 0.6) is 5.75 Å². The molecule has 1 atom stereocenters. The average Bonchev–Trinajstić information content (AvgIpc) is 3.26. The Morgan fingerprint density at radius 3 is 2.80 bits per heavy atom. The quantitative estimate of drug-likeness (QED) is 0.649. The molecule has 0 spiro atoms. The zero-order valence-corrected chi connectivity index (χ0v) is 11.4. The van der Waals surface area contributed by atoms with Crippen LogP contribution in [0.3, 0.4) is 0 Å². The summed E-state index contributed by atoms with van der Waals surface area (Å²) in [6, 6.07) is 9.00. The predicted molar refractivity (Wildman–Crippen MR) is 74.3 cm³/mol. The lowest BCUT2D eigenvalue weighted by atomic mass is 10.1. The van der Waals surface area contributed by atoms with Crippen molar-refractivity contribution in [3.8, 4) is 11.8 Å². The molecule has 1 aliphatic carbocycles. The van der Waals surface area contributed by atoms with Gasteiger partial charge in [0.15, 0.2) is 0 Å². The van der Waals surface area contributed by atoms with E-state index in [1.54, 1.807) is 24.3 Å². The minimum Gasteiger partial charge on any atom is -0.489 e. The Morgan fingerprint density at radius 1 is 1.40 bits per heavy atom. The molecule has 1 aromatic rings. The molecule has 0 saturated heterocycles. The van der Waals surface area contributed by atoms with E-state index in [0.717, 1.165) is 19.4 Å². The predicted octanol–water partition coefficient (Wildman–Crippen LogP) is 0.660. The number of aliphatic hydroxyl groups excluding tert-OH is 2. The lowest BCUT2D eigenvalue weighted by molar-refractivity contribution is 0.103. The van der Waals surface area contributed by atoms with E-state index in [4.69, 9.17) is 10.00 Å². The van der Waals surface area contributed by atoms with Crippen LogP contribution in [-0.2, 0) is 0 Å². The largest absolute Gasteiger partial charge is 0.489 e. The summed E-state index contributed by atoms with van der Waals surface area (Å²) in [5.74, 6) is 0.489. The number of aliphatic hydroxyl groups is 2. The SMILES string of the molecule is N#Cc1ccccc1OCC(O)CNCC1(CO)CC1. The minimum atomic E-state index is -0.642. The number of nitrogens with zero attached hydrogens (tertiary/aromatic N) is 1. The fourth-order valence-electron chi connectivity index (χ4n) is 2.00. The van der Waals surface area contributed by atoms with Gasteiger partial charge in [0.1, 0.15) is 24.5 Å². The van der Waals surface area contributed by atoms with Crippen LogP contribution in [0.4, 0.5) is 0 Å². The fourth-order valence-corrected chi connectivity index (χ4v) is 2.00. The van der Waals surface area contributed by atoms with Gasteiger partial charge in [-0.1, -0.05) is 12.1 Å². The van der Waals surface area contributed by atoms with Crippen LogP contribution in [0.15, 0.2) is 24.3 Å². The molecule has 0 amide bonds. The highest BCUT2D eigenvalue weighted by Gasteiger charge is 2.41. The zero-order valence-electron chi connectivity index (χ0n) is 11.4. The Labute approximate surface area is 118 Å². The standard InChI is InChI=1S/C15H20N2O3/c16-7-12-3-1-2-4-14(12)20-9-13(19)8-17-10-15(11-18)5-6-15/h1-4,13,17-19H,5-6,8-11H2. The summed E-state index contributed by atoms with van der Waals surface area (Å²) in [6.45, 7) is 1.46. The maximum atomic E-state index is 9.83. The van der Waals surface area contributed by atoms with Crippen molar-refractivity contribution in [2.75, 3.05) is 26.3 Å². The van der Waals surface area contributed by atoms with Gasteiger partial charge >= 0.3 is 0 Å². The van der Waals surface area contributed by atoms with Gasteiger partial charge in [-0.2, -0.15) is 5.26 Å². The van der Waals surface area contributed by atoms with Crippen LogP contribution in [-0.4, -0.2) is 42.6 Å². The van der Waals surface area contributed by atoms with Gasteiger partial charge in [0.2, 0.25) is 0 Å². The summed E-state index contributed by atoms with van der Waals surface area (Å²) in [6.07, 6.45) is 1.44. The first-order valence-electron chi connectivity index (χ1n) is 6.81. The summed E-state index contributed by atoms with van der Waals surface area (Å²) in [4.78, 5) is 0. The summed E-state index contributed by atoms with van der Waals surface area (Å²) in [5, 5.41) is 31.1. The summed E-state index contributed by atoms with van der Waals surface area (Å²) < 4.78 is 5.45. The third kappa shape index (κ3) is 3.94. The highest BCUT2D eigenvalue weighted by atomic mass is 16.5. The van der Waals surface area contributed by atoms with Crippen molar-refractivity contribution >= 4 is 0 Å². The zero-order chi connectivity index (χ0) is 14.4. The van der Waals surface area contributed by atoms with E-state index in [-0.39, 0.29) is 18.6 Å². The lowest BCUT2D eigenvalue weighted by Gasteiger charge is -2.16. The third-order valence-electron chi connectivity index (χ3n) is 3.61. The second-order valence-corrected chi connectivity index (χ2v) is 5.36. The Balaban J connectivity index is 1.70. The van der Waals surface area contributed by atoms with Gasteiger partial charge in [-0.15, -0.1) is 0 Å². The molecule has 0 aromatic heterocycles. The second-order valence-electron chi connectivity index (χ2n) is 5.36. The van der Waals surface area contributed by atoms with Crippen LogP contribution < -0.4 is 10.1 Å².